The zero-order chi connectivity index (χ0) is 24.9. The summed E-state index contributed by atoms with van der Waals surface area (Å²) in [6.07, 6.45) is 7.45. The third-order valence-electron chi connectivity index (χ3n) is 5.67. The third-order valence-corrected chi connectivity index (χ3v) is 10.3. The van der Waals surface area contributed by atoms with Gasteiger partial charge < -0.3 is 18.9 Å². The van der Waals surface area contributed by atoms with Gasteiger partial charge in [0.15, 0.2) is 11.5 Å². The standard InChI is InChI=1S/C28H28O4S4/c1-4-5-6-8-19(28-24-22(17-34-28)31-14-15-32-24)25-18(2)35-23-10-7-9-20(27(23)36-25)26-21(11-16-33-26)30-13-12-29-3/h4-5,7-11,16-17H,6,12-15H2,1-3H3/b5-4-,19-8?. The molecule has 0 bridgehead atoms. The van der Waals surface area contributed by atoms with Crippen LogP contribution in [-0.2, 0) is 4.74 Å². The molecule has 2 aliphatic heterocycles. The fourth-order valence-electron chi connectivity index (χ4n) is 4.01. The molecule has 188 valence electrons. The number of hydrogen-bond donors (Lipinski definition) is 0. The van der Waals surface area contributed by atoms with Crippen LogP contribution in [0.2, 0.25) is 0 Å². The Morgan fingerprint density at radius 1 is 1.08 bits per heavy atom. The van der Waals surface area contributed by atoms with Gasteiger partial charge in [0, 0.05) is 43.2 Å². The van der Waals surface area contributed by atoms with E-state index in [2.05, 4.69) is 67.1 Å². The van der Waals surface area contributed by atoms with Gasteiger partial charge in [0.2, 0.25) is 0 Å². The Morgan fingerprint density at radius 2 is 1.97 bits per heavy atom. The second kappa shape index (κ2) is 12.0. The highest BCUT2D eigenvalue weighted by Crippen LogP contribution is 2.57. The molecule has 36 heavy (non-hydrogen) atoms. The first-order valence-electron chi connectivity index (χ1n) is 11.8. The van der Waals surface area contributed by atoms with Gasteiger partial charge in [-0.25, -0.2) is 0 Å². The summed E-state index contributed by atoms with van der Waals surface area (Å²) < 4.78 is 23.2. The molecule has 2 aromatic heterocycles. The summed E-state index contributed by atoms with van der Waals surface area (Å²) in [6.45, 7) is 6.55. The number of thiophene rings is 2. The van der Waals surface area contributed by atoms with Crippen molar-refractivity contribution in [2.75, 3.05) is 33.5 Å². The van der Waals surface area contributed by atoms with Gasteiger partial charge in [-0.15, -0.1) is 22.7 Å². The first kappa shape index (κ1) is 25.5. The van der Waals surface area contributed by atoms with E-state index in [1.54, 1.807) is 29.8 Å². The molecule has 0 unspecified atom stereocenters. The van der Waals surface area contributed by atoms with Gasteiger partial charge in [0.1, 0.15) is 25.6 Å². The zero-order valence-corrected chi connectivity index (χ0v) is 23.8. The lowest BCUT2D eigenvalue weighted by molar-refractivity contribution is 0.147. The molecule has 0 radical (unpaired) electrons. The molecule has 8 heteroatoms. The van der Waals surface area contributed by atoms with Crippen LogP contribution >= 0.6 is 46.2 Å². The number of ether oxygens (including phenoxy) is 4. The van der Waals surface area contributed by atoms with Crippen LogP contribution in [0.4, 0.5) is 0 Å². The van der Waals surface area contributed by atoms with E-state index in [0.717, 1.165) is 33.4 Å². The Morgan fingerprint density at radius 3 is 2.83 bits per heavy atom. The largest absolute Gasteiger partial charge is 0.490 e. The Hall–Kier alpha value is -2.10. The number of thioether (sulfide) groups is 2. The Labute approximate surface area is 229 Å². The summed E-state index contributed by atoms with van der Waals surface area (Å²) in [4.78, 5) is 7.38. The molecule has 0 amide bonds. The Balaban J connectivity index is 1.54. The molecule has 2 aliphatic rings. The fraction of sp³-hybridized carbons (Fsp3) is 0.286. The summed E-state index contributed by atoms with van der Waals surface area (Å²) in [5.74, 6) is 2.63. The van der Waals surface area contributed by atoms with E-state index < -0.39 is 0 Å². The topological polar surface area (TPSA) is 36.9 Å². The van der Waals surface area contributed by atoms with Crippen LogP contribution < -0.4 is 14.2 Å². The summed E-state index contributed by atoms with van der Waals surface area (Å²) >= 11 is 7.09. The van der Waals surface area contributed by atoms with Gasteiger partial charge in [-0.2, -0.15) is 0 Å². The predicted molar refractivity (Wildman–Crippen MR) is 154 cm³/mol. The maximum atomic E-state index is 6.09. The Kier molecular flexibility index (Phi) is 8.49. The van der Waals surface area contributed by atoms with Crippen LogP contribution in [0.3, 0.4) is 0 Å². The number of methoxy groups -OCH3 is 1. The predicted octanol–water partition coefficient (Wildman–Crippen LogP) is 8.75. The number of rotatable bonds is 9. The number of allylic oxidation sites excluding steroid dienone is 5. The molecule has 0 saturated carbocycles. The zero-order valence-electron chi connectivity index (χ0n) is 20.5. The van der Waals surface area contributed by atoms with Crippen LogP contribution in [0, 0.1) is 0 Å². The maximum Gasteiger partial charge on any atom is 0.179 e. The summed E-state index contributed by atoms with van der Waals surface area (Å²) in [5, 5.41) is 4.16. The lowest BCUT2D eigenvalue weighted by Gasteiger charge is -2.25. The maximum absolute atomic E-state index is 6.09. The molecule has 4 heterocycles. The van der Waals surface area contributed by atoms with E-state index in [-0.39, 0.29) is 0 Å². The van der Waals surface area contributed by atoms with Crippen molar-refractivity contribution in [1.82, 2.24) is 0 Å². The number of fused-ring (bicyclic) bond motifs is 2. The quantitative estimate of drug-likeness (QED) is 0.194. The molecule has 0 saturated heterocycles. The molecule has 4 nitrogen and oxygen atoms in total. The first-order valence-corrected chi connectivity index (χ1v) is 15.2. The minimum atomic E-state index is 0.533. The molecule has 0 fully saturated rings. The van der Waals surface area contributed by atoms with Crippen LogP contribution in [0.1, 0.15) is 25.1 Å². The highest BCUT2D eigenvalue weighted by Gasteiger charge is 2.29. The average molecular weight is 557 g/mol. The molecule has 0 atom stereocenters. The Bertz CT molecular complexity index is 1310. The summed E-state index contributed by atoms with van der Waals surface area (Å²) in [7, 11) is 1.69. The van der Waals surface area contributed by atoms with E-state index >= 15 is 0 Å². The second-order valence-corrected chi connectivity index (χ2v) is 12.1. The van der Waals surface area contributed by atoms with Crippen LogP contribution in [0.15, 0.2) is 72.9 Å². The minimum absolute atomic E-state index is 0.533. The normalized spacial score (nSPS) is 15.5. The molecule has 5 rings (SSSR count). The molecular formula is C28H28O4S4. The average Bonchev–Trinajstić information content (AvgIpc) is 3.54. The van der Waals surface area contributed by atoms with Crippen LogP contribution in [0.5, 0.6) is 17.2 Å². The lowest BCUT2D eigenvalue weighted by atomic mass is 10.1. The monoisotopic (exact) mass is 556 g/mol. The van der Waals surface area contributed by atoms with Crippen molar-refractivity contribution in [1.29, 1.82) is 0 Å². The van der Waals surface area contributed by atoms with Gasteiger partial charge in [-0.05, 0) is 37.8 Å². The van der Waals surface area contributed by atoms with Gasteiger partial charge in [-0.1, -0.05) is 53.9 Å². The van der Waals surface area contributed by atoms with Gasteiger partial charge in [-0.3, -0.25) is 0 Å². The van der Waals surface area contributed by atoms with Gasteiger partial charge in [0.05, 0.1) is 16.4 Å². The first-order chi connectivity index (χ1) is 17.7. The van der Waals surface area contributed by atoms with E-state index in [1.807, 2.05) is 23.5 Å². The summed E-state index contributed by atoms with van der Waals surface area (Å²) in [5.41, 5.74) is 2.42. The van der Waals surface area contributed by atoms with E-state index in [4.69, 9.17) is 18.9 Å². The van der Waals surface area contributed by atoms with E-state index in [9.17, 15) is 0 Å². The van der Waals surface area contributed by atoms with Crippen molar-refractivity contribution < 1.29 is 18.9 Å². The molecule has 0 aliphatic carbocycles. The third kappa shape index (κ3) is 5.29. The lowest BCUT2D eigenvalue weighted by Crippen LogP contribution is -2.14. The molecule has 3 aromatic rings. The van der Waals surface area contributed by atoms with E-state index in [1.165, 1.54) is 30.7 Å². The van der Waals surface area contributed by atoms with Crippen molar-refractivity contribution in [2.45, 2.75) is 30.1 Å². The van der Waals surface area contributed by atoms with Crippen molar-refractivity contribution >= 4 is 51.8 Å². The molecule has 0 spiro atoms. The molecule has 1 aromatic carbocycles. The fourth-order valence-corrected chi connectivity index (χ4v) is 8.46. The van der Waals surface area contributed by atoms with E-state index in [0.29, 0.717) is 26.4 Å². The van der Waals surface area contributed by atoms with Crippen molar-refractivity contribution in [3.8, 4) is 27.7 Å². The van der Waals surface area contributed by atoms with Gasteiger partial charge >= 0.3 is 0 Å². The smallest absolute Gasteiger partial charge is 0.179 e. The highest BCUT2D eigenvalue weighted by molar-refractivity contribution is 8.09. The van der Waals surface area contributed by atoms with Gasteiger partial charge in [0.25, 0.3) is 0 Å². The molecular weight excluding hydrogens is 529 g/mol. The van der Waals surface area contributed by atoms with Crippen LogP contribution in [-0.4, -0.2) is 33.5 Å². The minimum Gasteiger partial charge on any atom is -0.490 e. The molecule has 0 N–H and O–H groups in total. The number of hydrogen-bond acceptors (Lipinski definition) is 8. The SMILES string of the molecule is C/C=C\CC=C(C1=C(C)Sc2cccc(-c3sccc3OCCOC)c2S1)c1scc2c1OCCO2. The summed E-state index contributed by atoms with van der Waals surface area (Å²) in [6, 6.07) is 8.60. The van der Waals surface area contributed by atoms with Crippen molar-refractivity contribution in [3.63, 3.8) is 0 Å². The van der Waals surface area contributed by atoms with Crippen molar-refractivity contribution in [3.05, 3.63) is 67.9 Å². The number of benzene rings is 1. The van der Waals surface area contributed by atoms with Crippen molar-refractivity contribution in [2.24, 2.45) is 0 Å². The van der Waals surface area contributed by atoms with Crippen LogP contribution in [0.25, 0.3) is 16.0 Å². The second-order valence-electron chi connectivity index (χ2n) is 8.06. The highest BCUT2D eigenvalue weighted by atomic mass is 32.2.